The Labute approximate surface area is 245 Å². The van der Waals surface area contributed by atoms with Gasteiger partial charge in [-0.25, -0.2) is 17.5 Å². The molecule has 2 aliphatic carbocycles. The highest BCUT2D eigenvalue weighted by Gasteiger charge is 2.56. The number of urea groups is 1. The van der Waals surface area contributed by atoms with E-state index < -0.39 is 26.8 Å². The van der Waals surface area contributed by atoms with Gasteiger partial charge < -0.3 is 4.90 Å². The van der Waals surface area contributed by atoms with Crippen LogP contribution in [-0.4, -0.2) is 75.4 Å². The molecule has 0 aromatic heterocycles. The molecular weight excluding hydrogens is 565 g/mol. The number of hydrogen-bond donors (Lipinski definition) is 0. The van der Waals surface area contributed by atoms with E-state index in [1.54, 1.807) is 0 Å². The molecule has 2 amide bonds. The maximum atomic E-state index is 15.0. The molecule has 1 spiro atoms. The van der Waals surface area contributed by atoms with Crippen LogP contribution in [0.15, 0.2) is 53.4 Å². The van der Waals surface area contributed by atoms with Gasteiger partial charge in [0.25, 0.3) is 5.66 Å². The highest BCUT2D eigenvalue weighted by atomic mass is 32.2. The number of anilines is 1. The van der Waals surface area contributed by atoms with Crippen molar-refractivity contribution >= 4 is 31.0 Å². The van der Waals surface area contributed by atoms with Gasteiger partial charge in [-0.3, -0.25) is 9.80 Å². The average Bonchev–Trinajstić information content (AvgIpc) is 3.16. The number of nitrogens with zero attached hydrogens (tertiary/aromatic N) is 4. The Morgan fingerprint density at radius 1 is 1.00 bits per heavy atom. The van der Waals surface area contributed by atoms with Crippen LogP contribution in [0.1, 0.15) is 56.1 Å². The van der Waals surface area contributed by atoms with Gasteiger partial charge in [0, 0.05) is 31.7 Å². The van der Waals surface area contributed by atoms with Crippen molar-refractivity contribution in [1.82, 2.24) is 14.1 Å². The Morgan fingerprint density at radius 2 is 1.63 bits per heavy atom. The number of hydrogen-bond acceptors (Lipinski definition) is 4. The lowest BCUT2D eigenvalue weighted by Gasteiger charge is -2.51. The van der Waals surface area contributed by atoms with E-state index in [0.717, 1.165) is 55.3 Å². The molecule has 3 fully saturated rings. The minimum atomic E-state index is -3.94. The maximum absolute atomic E-state index is 15.0. The van der Waals surface area contributed by atoms with Crippen LogP contribution in [0.4, 0.5) is 19.3 Å². The van der Waals surface area contributed by atoms with Gasteiger partial charge in [-0.2, -0.15) is 8.78 Å². The van der Waals surface area contributed by atoms with Crippen molar-refractivity contribution in [1.29, 1.82) is 0 Å². The van der Waals surface area contributed by atoms with Crippen molar-refractivity contribution < 1.29 is 22.0 Å². The number of rotatable bonds is 8. The molecule has 224 valence electrons. The summed E-state index contributed by atoms with van der Waals surface area (Å²) in [5, 5.41) is 0. The predicted molar refractivity (Wildman–Crippen MR) is 161 cm³/mol. The third kappa shape index (κ3) is 5.30. The number of halogens is 2. The molecule has 0 bridgehead atoms. The van der Waals surface area contributed by atoms with Gasteiger partial charge in [0.2, 0.25) is 10.0 Å². The summed E-state index contributed by atoms with van der Waals surface area (Å²) in [6, 6.07) is 13.9. The lowest BCUT2D eigenvalue weighted by atomic mass is 9.68. The van der Waals surface area contributed by atoms with Gasteiger partial charge in [0.15, 0.2) is 0 Å². The molecule has 41 heavy (non-hydrogen) atoms. The fraction of sp³-hybridized carbons (Fsp3) is 0.567. The van der Waals surface area contributed by atoms with Crippen molar-refractivity contribution in [2.45, 2.75) is 66.6 Å². The van der Waals surface area contributed by atoms with E-state index in [0.29, 0.717) is 19.0 Å². The van der Waals surface area contributed by atoms with Gasteiger partial charge >= 0.3 is 6.03 Å². The van der Waals surface area contributed by atoms with Gasteiger partial charge in [-0.15, -0.1) is 0 Å². The minimum Gasteiger partial charge on any atom is -0.317 e. The van der Waals surface area contributed by atoms with Gasteiger partial charge in [0.05, 0.1) is 22.7 Å². The van der Waals surface area contributed by atoms with E-state index in [2.05, 4.69) is 43.3 Å². The summed E-state index contributed by atoms with van der Waals surface area (Å²) >= 11 is 0. The predicted octanol–water partition coefficient (Wildman–Crippen LogP) is 5.67. The number of carbonyl (C=O) groups is 1. The first-order chi connectivity index (χ1) is 19.2. The van der Waals surface area contributed by atoms with Crippen molar-refractivity contribution in [2.75, 3.05) is 46.2 Å². The van der Waals surface area contributed by atoms with Crippen molar-refractivity contribution in [3.05, 3.63) is 59.7 Å². The summed E-state index contributed by atoms with van der Waals surface area (Å²) in [7, 11) is 4.49. The lowest BCUT2D eigenvalue weighted by molar-refractivity contribution is 0.0172. The van der Waals surface area contributed by atoms with E-state index in [1.807, 2.05) is 11.0 Å². The first-order valence-corrected chi connectivity index (χ1v) is 16.3. The molecule has 5 rings (SSSR count). The van der Waals surface area contributed by atoms with Crippen LogP contribution in [0.3, 0.4) is 0 Å². The van der Waals surface area contributed by atoms with Crippen molar-refractivity contribution in [3.63, 3.8) is 0 Å². The van der Waals surface area contributed by atoms with Crippen molar-refractivity contribution in [2.24, 2.45) is 5.92 Å². The Hall–Kier alpha value is -2.13. The zero-order chi connectivity index (χ0) is 29.8. The second kappa shape index (κ2) is 10.9. The summed E-state index contributed by atoms with van der Waals surface area (Å²) in [6.07, 6.45) is 6.43. The molecule has 2 aromatic carbocycles. The third-order valence-electron chi connectivity index (χ3n) is 9.72. The highest BCUT2D eigenvalue weighted by molar-refractivity contribution is 7.89. The quantitative estimate of drug-likeness (QED) is 0.363. The molecule has 3 aliphatic rings. The van der Waals surface area contributed by atoms with E-state index >= 15 is 8.78 Å². The number of sulfonamides is 1. The second-order valence-corrected chi connectivity index (χ2v) is 15.3. The molecule has 1 unspecified atom stereocenters. The lowest BCUT2D eigenvalue weighted by Crippen LogP contribution is -2.56. The molecule has 0 N–H and O–H groups in total. The SMILES string of the molecule is CN(C)C1(c2ccccc2)CCC2(CC1)CN(c1ccc(S(=O)(=O)N(C)C)cc1C(F)(F)P)C(=O)N2CC1CCC1. The van der Waals surface area contributed by atoms with Crippen LogP contribution in [0, 0.1) is 5.92 Å². The summed E-state index contributed by atoms with van der Waals surface area (Å²) in [5.74, 6) is 0.417. The Morgan fingerprint density at radius 3 is 2.15 bits per heavy atom. The zero-order valence-corrected chi connectivity index (χ0v) is 26.3. The first kappa shape index (κ1) is 30.3. The van der Waals surface area contributed by atoms with Crippen LogP contribution in [-0.2, 0) is 21.2 Å². The van der Waals surface area contributed by atoms with Gasteiger partial charge in [0.1, 0.15) is 0 Å². The molecule has 0 radical (unpaired) electrons. The Bertz CT molecular complexity index is 1390. The van der Waals surface area contributed by atoms with Gasteiger partial charge in [-0.05, 0) is 82.3 Å². The Balaban J connectivity index is 1.53. The topological polar surface area (TPSA) is 64.2 Å². The van der Waals surface area contributed by atoms with E-state index in [1.165, 1.54) is 45.9 Å². The summed E-state index contributed by atoms with van der Waals surface area (Å²) in [6.45, 7) is 0.916. The zero-order valence-electron chi connectivity index (χ0n) is 24.3. The van der Waals surface area contributed by atoms with Gasteiger partial charge in [-0.1, -0.05) is 46.0 Å². The van der Waals surface area contributed by atoms with Crippen LogP contribution in [0.5, 0.6) is 0 Å². The van der Waals surface area contributed by atoms with E-state index in [-0.39, 0.29) is 22.2 Å². The fourth-order valence-corrected chi connectivity index (χ4v) is 8.04. The highest BCUT2D eigenvalue weighted by Crippen LogP contribution is 2.51. The summed E-state index contributed by atoms with van der Waals surface area (Å²) in [5.41, 5.74) is -3.26. The maximum Gasteiger partial charge on any atom is 0.325 e. The smallest absolute Gasteiger partial charge is 0.317 e. The third-order valence-corrected chi connectivity index (χ3v) is 11.8. The normalized spacial score (nSPS) is 25.9. The van der Waals surface area contributed by atoms with Crippen LogP contribution >= 0.6 is 9.24 Å². The average molecular weight is 607 g/mol. The molecule has 7 nitrogen and oxygen atoms in total. The van der Waals surface area contributed by atoms with Crippen molar-refractivity contribution in [3.8, 4) is 0 Å². The Kier molecular flexibility index (Phi) is 8.03. The molecule has 1 saturated heterocycles. The molecule has 1 aliphatic heterocycles. The fourth-order valence-electron chi connectivity index (χ4n) is 6.88. The number of carbonyl (C=O) groups excluding carboxylic acids is 1. The van der Waals surface area contributed by atoms with E-state index in [4.69, 9.17) is 0 Å². The summed E-state index contributed by atoms with van der Waals surface area (Å²) in [4.78, 5) is 19.6. The standard InChI is InChI=1S/C30H41F2N4O3PS/c1-33(2)29(23-11-6-5-7-12-23)17-15-28(16-18-29)21-35(27(37)36(28)20-22-9-8-10-22)26-14-13-24(41(38,39)34(3)4)19-25(26)30(31,32)40/h5-7,11-14,19,22H,8-10,15-18,20-21,40H2,1-4H3. The molecule has 2 aromatic rings. The minimum absolute atomic E-state index is 0.0655. The van der Waals surface area contributed by atoms with Crippen LogP contribution < -0.4 is 4.90 Å². The van der Waals surface area contributed by atoms with Crippen LogP contribution in [0.2, 0.25) is 0 Å². The number of alkyl halides is 2. The number of amides is 2. The number of benzene rings is 2. The molecule has 11 heteroatoms. The molecule has 1 heterocycles. The first-order valence-electron chi connectivity index (χ1n) is 14.3. The van der Waals surface area contributed by atoms with Crippen LogP contribution in [0.25, 0.3) is 0 Å². The summed E-state index contributed by atoms with van der Waals surface area (Å²) < 4.78 is 56.6. The molecule has 2 saturated carbocycles. The largest absolute Gasteiger partial charge is 0.325 e. The monoisotopic (exact) mass is 606 g/mol. The molecular formula is C30H41F2N4O3PS. The molecule has 1 atom stereocenters. The van der Waals surface area contributed by atoms with E-state index in [9.17, 15) is 13.2 Å². The second-order valence-electron chi connectivity index (χ2n) is 12.4.